The van der Waals surface area contributed by atoms with Gasteiger partial charge in [0.15, 0.2) is 0 Å². The van der Waals surface area contributed by atoms with Crippen molar-refractivity contribution in [3.63, 3.8) is 0 Å². The second-order valence-corrected chi connectivity index (χ2v) is 4.46. The number of pyridine rings is 1. The highest BCUT2D eigenvalue weighted by atomic mass is 19.4. The summed E-state index contributed by atoms with van der Waals surface area (Å²) in [5.41, 5.74) is 5.71. The molecule has 114 valence electrons. The lowest BCUT2D eigenvalue weighted by Crippen LogP contribution is -2.37. The van der Waals surface area contributed by atoms with Gasteiger partial charge in [-0.2, -0.15) is 13.2 Å². The molecule has 1 heterocycles. The third kappa shape index (κ3) is 6.07. The minimum Gasteiger partial charge on any atom is -0.398 e. The van der Waals surface area contributed by atoms with E-state index in [2.05, 4.69) is 0 Å². The molecule has 20 heavy (non-hydrogen) atoms. The van der Waals surface area contributed by atoms with E-state index in [9.17, 15) is 18.0 Å². The summed E-state index contributed by atoms with van der Waals surface area (Å²) in [7, 11) is 0. The van der Waals surface area contributed by atoms with Crippen molar-refractivity contribution >= 4 is 5.69 Å². The van der Waals surface area contributed by atoms with Crippen LogP contribution in [0.2, 0.25) is 0 Å². The van der Waals surface area contributed by atoms with E-state index in [0.29, 0.717) is 12.1 Å². The van der Waals surface area contributed by atoms with Crippen LogP contribution in [-0.4, -0.2) is 47.0 Å². The zero-order valence-corrected chi connectivity index (χ0v) is 10.9. The van der Waals surface area contributed by atoms with Gasteiger partial charge in [-0.1, -0.05) is 0 Å². The summed E-state index contributed by atoms with van der Waals surface area (Å²) in [6, 6.07) is 2.79. The highest BCUT2D eigenvalue weighted by Gasteiger charge is 2.30. The molecular formula is C12H18F3N3O2. The Labute approximate surface area is 114 Å². The molecule has 1 rings (SSSR count). The summed E-state index contributed by atoms with van der Waals surface area (Å²) < 4.78 is 38.3. The molecule has 0 unspecified atom stereocenters. The highest BCUT2D eigenvalue weighted by molar-refractivity contribution is 5.33. The van der Waals surface area contributed by atoms with Crippen molar-refractivity contribution in [2.45, 2.75) is 19.1 Å². The van der Waals surface area contributed by atoms with Crippen LogP contribution < -0.4 is 11.3 Å². The summed E-state index contributed by atoms with van der Waals surface area (Å²) >= 11 is 0. The van der Waals surface area contributed by atoms with Gasteiger partial charge in [0.25, 0.3) is 5.56 Å². The maximum Gasteiger partial charge on any atom is 0.401 e. The van der Waals surface area contributed by atoms with Crippen molar-refractivity contribution in [1.29, 1.82) is 0 Å². The molecule has 0 aliphatic rings. The van der Waals surface area contributed by atoms with Crippen molar-refractivity contribution in [1.82, 2.24) is 9.47 Å². The standard InChI is InChI=1S/C12H18F3N3O2/c13-12(14,15)9-17(6-7-19)4-1-5-18-8-10(16)2-3-11(18)20/h2-3,8,19H,1,4-7,9,16H2. The van der Waals surface area contributed by atoms with E-state index in [1.807, 2.05) is 0 Å². The molecule has 5 nitrogen and oxygen atoms in total. The Hall–Kier alpha value is -1.54. The van der Waals surface area contributed by atoms with Gasteiger partial charge < -0.3 is 15.4 Å². The maximum atomic E-state index is 12.3. The number of nitrogens with zero attached hydrogens (tertiary/aromatic N) is 2. The topological polar surface area (TPSA) is 71.5 Å². The molecule has 0 saturated heterocycles. The largest absolute Gasteiger partial charge is 0.401 e. The van der Waals surface area contributed by atoms with E-state index in [0.717, 1.165) is 4.90 Å². The van der Waals surface area contributed by atoms with Crippen LogP contribution in [0.25, 0.3) is 0 Å². The Morgan fingerprint density at radius 2 is 2.00 bits per heavy atom. The number of aliphatic hydroxyl groups excluding tert-OH is 1. The molecular weight excluding hydrogens is 275 g/mol. The number of nitrogens with two attached hydrogens (primary N) is 1. The lowest BCUT2D eigenvalue weighted by atomic mass is 10.3. The number of nitrogen functional groups attached to an aromatic ring is 1. The van der Waals surface area contributed by atoms with Crippen LogP contribution in [0.15, 0.2) is 23.1 Å². The van der Waals surface area contributed by atoms with E-state index in [-0.39, 0.29) is 31.8 Å². The average Bonchev–Trinajstić information content (AvgIpc) is 2.32. The van der Waals surface area contributed by atoms with Crippen LogP contribution in [0.3, 0.4) is 0 Å². The third-order valence-corrected chi connectivity index (χ3v) is 2.70. The number of aromatic nitrogens is 1. The predicted octanol–water partition coefficient (Wildman–Crippen LogP) is 0.677. The number of rotatable bonds is 7. The van der Waals surface area contributed by atoms with Gasteiger partial charge in [0.1, 0.15) is 0 Å². The number of halogens is 3. The zero-order valence-electron chi connectivity index (χ0n) is 10.9. The number of anilines is 1. The Balaban J connectivity index is 2.51. The first-order valence-corrected chi connectivity index (χ1v) is 6.18. The van der Waals surface area contributed by atoms with Crippen LogP contribution in [0.1, 0.15) is 6.42 Å². The first-order valence-electron chi connectivity index (χ1n) is 6.18. The average molecular weight is 293 g/mol. The number of hydrogen-bond donors (Lipinski definition) is 2. The fourth-order valence-corrected chi connectivity index (χ4v) is 1.85. The first-order chi connectivity index (χ1) is 9.31. The van der Waals surface area contributed by atoms with Crippen LogP contribution >= 0.6 is 0 Å². The van der Waals surface area contributed by atoms with E-state index < -0.39 is 12.7 Å². The van der Waals surface area contributed by atoms with Crippen molar-refractivity contribution in [3.05, 3.63) is 28.7 Å². The van der Waals surface area contributed by atoms with Crippen LogP contribution in [0, 0.1) is 0 Å². The summed E-state index contributed by atoms with van der Waals surface area (Å²) in [6.07, 6.45) is -2.48. The van der Waals surface area contributed by atoms with Crippen molar-refractivity contribution in [2.75, 3.05) is 32.0 Å². The Kier molecular flexibility index (Phi) is 6.03. The minimum atomic E-state index is -4.30. The second kappa shape index (κ2) is 7.30. The molecule has 0 aromatic carbocycles. The quantitative estimate of drug-likeness (QED) is 0.775. The SMILES string of the molecule is Nc1ccc(=O)n(CCCN(CCO)CC(F)(F)F)c1. The Morgan fingerprint density at radius 3 is 2.60 bits per heavy atom. The van der Waals surface area contributed by atoms with Gasteiger partial charge in [0, 0.05) is 37.6 Å². The number of aliphatic hydroxyl groups is 1. The van der Waals surface area contributed by atoms with E-state index in [4.69, 9.17) is 10.8 Å². The summed E-state index contributed by atoms with van der Waals surface area (Å²) in [5.74, 6) is 0. The molecule has 0 amide bonds. The lowest BCUT2D eigenvalue weighted by Gasteiger charge is -2.22. The molecule has 0 radical (unpaired) electrons. The van der Waals surface area contributed by atoms with Crippen molar-refractivity contribution < 1.29 is 18.3 Å². The molecule has 0 spiro atoms. The highest BCUT2D eigenvalue weighted by Crippen LogP contribution is 2.16. The predicted molar refractivity (Wildman–Crippen MR) is 69.3 cm³/mol. The molecule has 1 aromatic rings. The lowest BCUT2D eigenvalue weighted by molar-refractivity contribution is -0.146. The van der Waals surface area contributed by atoms with Crippen molar-refractivity contribution in [3.8, 4) is 0 Å². The van der Waals surface area contributed by atoms with Crippen LogP contribution in [-0.2, 0) is 6.54 Å². The van der Waals surface area contributed by atoms with Gasteiger partial charge in [-0.3, -0.25) is 9.69 Å². The third-order valence-electron chi connectivity index (χ3n) is 2.70. The van der Waals surface area contributed by atoms with Gasteiger partial charge in [0.05, 0.1) is 13.2 Å². The fraction of sp³-hybridized carbons (Fsp3) is 0.583. The summed E-state index contributed by atoms with van der Waals surface area (Å²) in [4.78, 5) is 12.6. The molecule has 0 fully saturated rings. The number of aryl methyl sites for hydroxylation is 1. The number of alkyl halides is 3. The van der Waals surface area contributed by atoms with Crippen LogP contribution in [0.5, 0.6) is 0 Å². The second-order valence-electron chi connectivity index (χ2n) is 4.46. The number of hydrogen-bond acceptors (Lipinski definition) is 4. The molecule has 0 atom stereocenters. The summed E-state index contributed by atoms with van der Waals surface area (Å²) in [6.45, 7) is -1.04. The van der Waals surface area contributed by atoms with Gasteiger partial charge >= 0.3 is 6.18 Å². The van der Waals surface area contributed by atoms with Gasteiger partial charge in [-0.25, -0.2) is 0 Å². The minimum absolute atomic E-state index is 0.0503. The van der Waals surface area contributed by atoms with Crippen LogP contribution in [0.4, 0.5) is 18.9 Å². The Bertz CT molecular complexity index is 474. The monoisotopic (exact) mass is 293 g/mol. The molecule has 0 aliphatic heterocycles. The van der Waals surface area contributed by atoms with E-state index >= 15 is 0 Å². The van der Waals surface area contributed by atoms with Gasteiger partial charge in [-0.05, 0) is 12.5 Å². The van der Waals surface area contributed by atoms with Crippen molar-refractivity contribution in [2.24, 2.45) is 0 Å². The molecule has 1 aromatic heterocycles. The molecule has 0 bridgehead atoms. The molecule has 0 aliphatic carbocycles. The van der Waals surface area contributed by atoms with E-state index in [1.165, 1.54) is 22.9 Å². The molecule has 8 heteroatoms. The Morgan fingerprint density at radius 1 is 1.30 bits per heavy atom. The first kappa shape index (κ1) is 16.5. The van der Waals surface area contributed by atoms with E-state index in [1.54, 1.807) is 0 Å². The normalized spacial score (nSPS) is 12.1. The van der Waals surface area contributed by atoms with Gasteiger partial charge in [0.2, 0.25) is 0 Å². The fourth-order valence-electron chi connectivity index (χ4n) is 1.85. The smallest absolute Gasteiger partial charge is 0.398 e. The molecule has 3 N–H and O–H groups in total. The molecule has 0 saturated carbocycles. The van der Waals surface area contributed by atoms with Gasteiger partial charge in [-0.15, -0.1) is 0 Å². The summed E-state index contributed by atoms with van der Waals surface area (Å²) in [5, 5.41) is 8.75. The maximum absolute atomic E-state index is 12.3. The zero-order chi connectivity index (χ0) is 15.2.